The molecule has 212 valence electrons. The summed E-state index contributed by atoms with van der Waals surface area (Å²) in [5, 5.41) is 3.17. The van der Waals surface area contributed by atoms with Gasteiger partial charge in [-0.15, -0.1) is 11.3 Å². The van der Waals surface area contributed by atoms with E-state index in [1.165, 1.54) is 15.8 Å². The summed E-state index contributed by atoms with van der Waals surface area (Å²) in [6, 6.07) is 16.3. The van der Waals surface area contributed by atoms with Gasteiger partial charge in [0.15, 0.2) is 0 Å². The van der Waals surface area contributed by atoms with Crippen molar-refractivity contribution in [2.45, 2.75) is 58.0 Å². The Bertz CT molecular complexity index is 1600. The van der Waals surface area contributed by atoms with E-state index in [2.05, 4.69) is 28.6 Å². The molecule has 0 spiro atoms. The van der Waals surface area contributed by atoms with Gasteiger partial charge in [0.05, 0.1) is 6.42 Å². The van der Waals surface area contributed by atoms with Gasteiger partial charge in [-0.1, -0.05) is 36.4 Å². The third-order valence-corrected chi connectivity index (χ3v) is 9.05. The van der Waals surface area contributed by atoms with Crippen molar-refractivity contribution < 1.29 is 14.3 Å². The molecule has 2 N–H and O–H groups in total. The number of aromatic nitrogens is 1. The zero-order valence-corrected chi connectivity index (χ0v) is 24.7. The van der Waals surface area contributed by atoms with Crippen LogP contribution in [0.15, 0.2) is 60.1 Å². The third kappa shape index (κ3) is 5.53. The summed E-state index contributed by atoms with van der Waals surface area (Å²) in [5.74, 6) is 0.964. The Hall–Kier alpha value is -3.91. The fourth-order valence-corrected chi connectivity index (χ4v) is 7.16. The van der Waals surface area contributed by atoms with Gasteiger partial charge in [0.2, 0.25) is 5.91 Å². The van der Waals surface area contributed by atoms with Crippen LogP contribution in [-0.4, -0.2) is 47.1 Å². The first-order valence-corrected chi connectivity index (χ1v) is 15.2. The van der Waals surface area contributed by atoms with Gasteiger partial charge in [-0.05, 0) is 85.7 Å². The first-order chi connectivity index (χ1) is 19.7. The molecule has 1 saturated heterocycles. The predicted molar refractivity (Wildman–Crippen MR) is 165 cm³/mol. The van der Waals surface area contributed by atoms with E-state index in [1.54, 1.807) is 11.3 Å². The summed E-state index contributed by atoms with van der Waals surface area (Å²) in [6.07, 6.45) is 4.63. The molecule has 4 aromatic rings. The average Bonchev–Trinajstić information content (AvgIpc) is 3.58. The lowest BCUT2D eigenvalue weighted by Crippen LogP contribution is -2.41. The third-order valence-electron chi connectivity index (χ3n) is 8.02. The van der Waals surface area contributed by atoms with Gasteiger partial charge in [0, 0.05) is 47.2 Å². The molecule has 2 aromatic carbocycles. The van der Waals surface area contributed by atoms with Crippen molar-refractivity contribution in [3.63, 3.8) is 0 Å². The van der Waals surface area contributed by atoms with Crippen molar-refractivity contribution in [3.05, 3.63) is 76.8 Å². The van der Waals surface area contributed by atoms with E-state index in [-0.39, 0.29) is 12.0 Å². The van der Waals surface area contributed by atoms with Crippen LogP contribution in [0.2, 0.25) is 0 Å². The van der Waals surface area contributed by atoms with Crippen molar-refractivity contribution in [1.82, 2.24) is 9.88 Å². The van der Waals surface area contributed by atoms with E-state index in [1.807, 2.05) is 67.1 Å². The van der Waals surface area contributed by atoms with Crippen molar-refractivity contribution >= 4 is 44.9 Å². The summed E-state index contributed by atoms with van der Waals surface area (Å²) in [6.45, 7) is 7.70. The number of nitrogens with zero attached hydrogens (tertiary/aromatic N) is 3. The molecule has 2 aliphatic heterocycles. The normalized spacial score (nSPS) is 15.8. The van der Waals surface area contributed by atoms with Crippen molar-refractivity contribution in [1.29, 1.82) is 0 Å². The molecule has 41 heavy (non-hydrogen) atoms. The van der Waals surface area contributed by atoms with Crippen LogP contribution in [0.3, 0.4) is 0 Å². The minimum atomic E-state index is -0.498. The van der Waals surface area contributed by atoms with Crippen LogP contribution in [0.1, 0.15) is 56.2 Å². The first-order valence-electron chi connectivity index (χ1n) is 14.3. The number of hydrogen-bond acceptors (Lipinski definition) is 6. The lowest BCUT2D eigenvalue weighted by molar-refractivity contribution is -0.117. The maximum atomic E-state index is 13.1. The quantitative estimate of drug-likeness (QED) is 0.293. The fourth-order valence-electron chi connectivity index (χ4n) is 5.98. The number of thiophene rings is 1. The average molecular weight is 569 g/mol. The topological polar surface area (TPSA) is 88.8 Å². The summed E-state index contributed by atoms with van der Waals surface area (Å²) >= 11 is 1.71. The maximum absolute atomic E-state index is 13.1. The molecular weight excluding hydrogens is 532 g/mol. The SMILES string of the molecule is CC(C)(C)OC(=O)N1CCC(c2cnc(N)c3c(-c4ccc5c(c4)CCN5C(=O)Cc4ccccc4)csc23)CC1. The molecular formula is C33H36N4O3S. The molecule has 7 nitrogen and oxygen atoms in total. The number of pyridine rings is 1. The molecule has 6 rings (SSSR count). The number of ether oxygens (including phenoxy) is 1. The molecule has 2 aliphatic rings. The summed E-state index contributed by atoms with van der Waals surface area (Å²) in [4.78, 5) is 34.0. The molecule has 0 saturated carbocycles. The van der Waals surface area contributed by atoms with E-state index in [0.29, 0.717) is 37.8 Å². The number of fused-ring (bicyclic) bond motifs is 2. The van der Waals surface area contributed by atoms with E-state index in [0.717, 1.165) is 47.0 Å². The highest BCUT2D eigenvalue weighted by Gasteiger charge is 2.30. The largest absolute Gasteiger partial charge is 0.444 e. The fraction of sp³-hybridized carbons (Fsp3) is 0.364. The van der Waals surface area contributed by atoms with Gasteiger partial charge in [-0.2, -0.15) is 0 Å². The number of carbonyl (C=O) groups excluding carboxylic acids is 2. The Kier molecular flexibility index (Phi) is 7.20. The number of nitrogens with two attached hydrogens (primary N) is 1. The summed E-state index contributed by atoms with van der Waals surface area (Å²) in [5.41, 5.74) is 12.6. The molecule has 2 amide bonds. The Morgan fingerprint density at radius 1 is 1.07 bits per heavy atom. The Labute approximate surface area is 244 Å². The number of carbonyl (C=O) groups is 2. The van der Waals surface area contributed by atoms with Crippen molar-refractivity contribution in [2.24, 2.45) is 0 Å². The molecule has 0 unspecified atom stereocenters. The smallest absolute Gasteiger partial charge is 0.410 e. The monoisotopic (exact) mass is 568 g/mol. The van der Waals surface area contributed by atoms with Crippen molar-refractivity contribution in [2.75, 3.05) is 30.3 Å². The zero-order chi connectivity index (χ0) is 28.7. The molecule has 0 atom stereocenters. The second-order valence-corrected chi connectivity index (χ2v) is 12.9. The lowest BCUT2D eigenvalue weighted by atomic mass is 9.89. The number of anilines is 2. The molecule has 2 aromatic heterocycles. The highest BCUT2D eigenvalue weighted by molar-refractivity contribution is 7.18. The number of hydrogen-bond donors (Lipinski definition) is 1. The minimum Gasteiger partial charge on any atom is -0.444 e. The Morgan fingerprint density at radius 2 is 1.83 bits per heavy atom. The minimum absolute atomic E-state index is 0.125. The number of nitrogen functional groups attached to an aromatic ring is 1. The van der Waals surface area contributed by atoms with E-state index >= 15 is 0 Å². The van der Waals surface area contributed by atoms with Gasteiger partial charge in [-0.25, -0.2) is 9.78 Å². The first kappa shape index (κ1) is 27.3. The van der Waals surface area contributed by atoms with Crippen LogP contribution in [0, 0.1) is 0 Å². The van der Waals surface area contributed by atoms with E-state index in [9.17, 15) is 9.59 Å². The lowest BCUT2D eigenvalue weighted by Gasteiger charge is -2.33. The number of amides is 2. The van der Waals surface area contributed by atoms with Crippen LogP contribution in [0.25, 0.3) is 21.2 Å². The van der Waals surface area contributed by atoms with Gasteiger partial charge in [0.25, 0.3) is 0 Å². The molecule has 4 heterocycles. The van der Waals surface area contributed by atoms with Crippen LogP contribution in [0.5, 0.6) is 0 Å². The van der Waals surface area contributed by atoms with Crippen molar-refractivity contribution in [3.8, 4) is 11.1 Å². The number of piperidine rings is 1. The number of likely N-dealkylation sites (tertiary alicyclic amines) is 1. The molecule has 1 fully saturated rings. The summed E-state index contributed by atoms with van der Waals surface area (Å²) < 4.78 is 6.74. The molecule has 0 radical (unpaired) electrons. The zero-order valence-electron chi connectivity index (χ0n) is 23.9. The van der Waals surface area contributed by atoms with Crippen LogP contribution < -0.4 is 10.6 Å². The van der Waals surface area contributed by atoms with Crippen LogP contribution in [-0.2, 0) is 22.4 Å². The highest BCUT2D eigenvalue weighted by Crippen LogP contribution is 2.44. The maximum Gasteiger partial charge on any atom is 0.410 e. The second-order valence-electron chi connectivity index (χ2n) is 12.0. The van der Waals surface area contributed by atoms with E-state index in [4.69, 9.17) is 10.5 Å². The Balaban J connectivity index is 1.22. The molecule has 0 aliphatic carbocycles. The van der Waals surface area contributed by atoms with Crippen LogP contribution in [0.4, 0.5) is 16.3 Å². The number of benzene rings is 2. The van der Waals surface area contributed by atoms with Crippen LogP contribution >= 0.6 is 11.3 Å². The molecule has 0 bridgehead atoms. The van der Waals surface area contributed by atoms with Gasteiger partial charge >= 0.3 is 6.09 Å². The number of rotatable bonds is 4. The standard InChI is InChI=1S/C33H36N4O3S/c1-33(2,3)40-32(39)36-14-11-22(12-15-36)25-19-35-31(34)29-26(20-41-30(25)29)23-9-10-27-24(18-23)13-16-37(27)28(38)17-21-7-5-4-6-8-21/h4-10,18-20,22H,11-17H2,1-3H3,(H2,34,35). The summed E-state index contributed by atoms with van der Waals surface area (Å²) in [7, 11) is 0. The molecule has 8 heteroatoms. The van der Waals surface area contributed by atoms with Gasteiger partial charge in [-0.3, -0.25) is 4.79 Å². The van der Waals surface area contributed by atoms with Gasteiger partial charge in [0.1, 0.15) is 11.4 Å². The Morgan fingerprint density at radius 3 is 2.56 bits per heavy atom. The second kappa shape index (κ2) is 10.8. The van der Waals surface area contributed by atoms with Gasteiger partial charge < -0.3 is 20.3 Å². The van der Waals surface area contributed by atoms with E-state index < -0.39 is 5.60 Å². The highest BCUT2D eigenvalue weighted by atomic mass is 32.1. The predicted octanol–water partition coefficient (Wildman–Crippen LogP) is 6.79.